The quantitative estimate of drug-likeness (QED) is 0.219. The molecule has 184 valence electrons. The van der Waals surface area contributed by atoms with E-state index in [0.29, 0.717) is 28.6 Å². The number of nitrogens with one attached hydrogen (secondary N) is 3. The van der Waals surface area contributed by atoms with E-state index < -0.39 is 17.5 Å². The predicted octanol–water partition coefficient (Wildman–Crippen LogP) is 3.56. The summed E-state index contributed by atoms with van der Waals surface area (Å²) in [6, 6.07) is 14.2. The first-order valence-corrected chi connectivity index (χ1v) is 11.0. The van der Waals surface area contributed by atoms with Gasteiger partial charge in [0, 0.05) is 34.3 Å². The van der Waals surface area contributed by atoms with Crippen LogP contribution >= 0.6 is 0 Å². The number of fused-ring (bicyclic) bond motifs is 1. The van der Waals surface area contributed by atoms with Gasteiger partial charge in [-0.2, -0.15) is 4.68 Å². The number of anilines is 3. The Morgan fingerprint density at radius 2 is 1.81 bits per heavy atom. The lowest BCUT2D eigenvalue weighted by Gasteiger charge is -2.20. The summed E-state index contributed by atoms with van der Waals surface area (Å²) in [4.78, 5) is 18.6. The third-order valence-electron chi connectivity index (χ3n) is 5.92. The molecule has 10 nitrogen and oxygen atoms in total. The maximum Gasteiger partial charge on any atom is 0.348 e. The molecule has 36 heavy (non-hydrogen) atoms. The second-order valence-corrected chi connectivity index (χ2v) is 8.10. The van der Waals surface area contributed by atoms with Gasteiger partial charge in [-0.15, -0.1) is 5.10 Å². The molecule has 2 heterocycles. The van der Waals surface area contributed by atoms with Crippen LogP contribution in [0.3, 0.4) is 0 Å². The van der Waals surface area contributed by atoms with Crippen molar-refractivity contribution >= 4 is 28.0 Å². The minimum atomic E-state index is -0.905. The molecule has 1 atom stereocenters. The fraction of sp³-hybridized carbons (Fsp3) is 0.120. The molecular weight excluding hydrogens is 465 g/mol. The van der Waals surface area contributed by atoms with Crippen molar-refractivity contribution in [2.75, 3.05) is 31.0 Å². The highest BCUT2D eigenvalue weighted by atomic mass is 19.1. The zero-order chi connectivity index (χ0) is 25.4. The Morgan fingerprint density at radius 3 is 2.56 bits per heavy atom. The van der Waals surface area contributed by atoms with E-state index >= 15 is 4.39 Å². The van der Waals surface area contributed by atoms with E-state index in [1.54, 1.807) is 30.5 Å². The van der Waals surface area contributed by atoms with Gasteiger partial charge in [-0.25, -0.2) is 9.18 Å². The number of rotatable bonds is 7. The Hall–Kier alpha value is -4.93. The lowest BCUT2D eigenvalue weighted by molar-refractivity contribution is 0.351. The summed E-state index contributed by atoms with van der Waals surface area (Å²) in [7, 11) is 2.88. The van der Waals surface area contributed by atoms with E-state index in [1.165, 1.54) is 26.4 Å². The number of aromatic nitrogens is 4. The van der Waals surface area contributed by atoms with Crippen LogP contribution in [0.1, 0.15) is 17.4 Å². The van der Waals surface area contributed by atoms with Gasteiger partial charge in [-0.05, 0) is 36.4 Å². The predicted molar refractivity (Wildman–Crippen MR) is 136 cm³/mol. The molecule has 0 fully saturated rings. The van der Waals surface area contributed by atoms with Gasteiger partial charge in [0.05, 0.1) is 25.6 Å². The minimum absolute atomic E-state index is 0.169. The average Bonchev–Trinajstić information content (AvgIpc) is 3.44. The summed E-state index contributed by atoms with van der Waals surface area (Å²) < 4.78 is 27.2. The number of H-pyrrole nitrogens is 2. The van der Waals surface area contributed by atoms with Crippen molar-refractivity contribution in [3.63, 3.8) is 0 Å². The molecule has 0 saturated heterocycles. The Kier molecular flexibility index (Phi) is 5.72. The molecule has 2 aromatic heterocycles. The van der Waals surface area contributed by atoms with E-state index in [9.17, 15) is 4.79 Å². The second kappa shape index (κ2) is 9.02. The van der Waals surface area contributed by atoms with Crippen molar-refractivity contribution in [3.05, 3.63) is 88.5 Å². The highest BCUT2D eigenvalue weighted by molar-refractivity contribution is 5.94. The van der Waals surface area contributed by atoms with Gasteiger partial charge in [0.15, 0.2) is 17.3 Å². The van der Waals surface area contributed by atoms with Crippen LogP contribution in [0.25, 0.3) is 16.5 Å². The van der Waals surface area contributed by atoms with E-state index in [-0.39, 0.29) is 17.1 Å². The molecule has 7 N–H and O–H groups in total. The smallest absolute Gasteiger partial charge is 0.348 e. The van der Waals surface area contributed by atoms with Gasteiger partial charge in [0.2, 0.25) is 0 Å². The highest BCUT2D eigenvalue weighted by Crippen LogP contribution is 2.36. The summed E-state index contributed by atoms with van der Waals surface area (Å²) in [6.45, 7) is 0. The number of methoxy groups -OCH3 is 2. The molecule has 0 spiro atoms. The number of benzene rings is 3. The van der Waals surface area contributed by atoms with Gasteiger partial charge >= 0.3 is 5.69 Å². The maximum absolute atomic E-state index is 15.4. The first-order chi connectivity index (χ1) is 17.4. The number of ether oxygens (including phenoxy) is 2. The van der Waals surface area contributed by atoms with Crippen LogP contribution in [-0.2, 0) is 0 Å². The number of nitrogens with two attached hydrogens (primary N) is 2. The number of hydrogen-bond donors (Lipinski definition) is 5. The summed E-state index contributed by atoms with van der Waals surface area (Å²) in [5.74, 6) is 0.693. The molecule has 0 aliphatic heterocycles. The van der Waals surface area contributed by atoms with Crippen molar-refractivity contribution in [1.29, 1.82) is 0 Å². The highest BCUT2D eigenvalue weighted by Gasteiger charge is 2.26. The van der Waals surface area contributed by atoms with Gasteiger partial charge in [-0.1, -0.05) is 12.1 Å². The molecule has 0 amide bonds. The number of nitrogens with zero attached hydrogens (tertiary/aromatic N) is 2. The Morgan fingerprint density at radius 1 is 1.06 bits per heavy atom. The Labute approximate surface area is 204 Å². The number of aromatic amines is 2. The van der Waals surface area contributed by atoms with Crippen molar-refractivity contribution in [1.82, 2.24) is 19.7 Å². The fourth-order valence-corrected chi connectivity index (χ4v) is 4.12. The lowest BCUT2D eigenvalue weighted by atomic mass is 10.0. The summed E-state index contributed by atoms with van der Waals surface area (Å²) in [5.41, 5.74) is 13.1. The lowest BCUT2D eigenvalue weighted by Crippen LogP contribution is -2.17. The Balaban J connectivity index is 1.65. The molecule has 5 aromatic rings. The molecule has 11 heteroatoms. The van der Waals surface area contributed by atoms with Crippen molar-refractivity contribution < 1.29 is 13.9 Å². The molecule has 0 bridgehead atoms. The average molecular weight is 490 g/mol. The van der Waals surface area contributed by atoms with Gasteiger partial charge in [0.1, 0.15) is 17.7 Å². The van der Waals surface area contributed by atoms with E-state index in [2.05, 4.69) is 20.4 Å². The van der Waals surface area contributed by atoms with E-state index in [1.807, 2.05) is 18.2 Å². The topological polar surface area (TPSA) is 149 Å². The molecule has 0 saturated carbocycles. The van der Waals surface area contributed by atoms with Crippen molar-refractivity contribution in [3.8, 4) is 17.2 Å². The molecular formula is C25H24FN7O3. The van der Waals surface area contributed by atoms with Crippen LogP contribution in [-0.4, -0.2) is 34.0 Å². The molecule has 1 unspecified atom stereocenters. The van der Waals surface area contributed by atoms with Crippen LogP contribution < -0.4 is 31.9 Å². The van der Waals surface area contributed by atoms with Crippen LogP contribution in [0.15, 0.2) is 65.6 Å². The van der Waals surface area contributed by atoms with Gasteiger partial charge < -0.3 is 31.2 Å². The molecule has 0 aliphatic carbocycles. The number of hydrogen-bond acceptors (Lipinski definition) is 7. The zero-order valence-corrected chi connectivity index (χ0v) is 19.5. The maximum atomic E-state index is 15.4. The second-order valence-electron chi connectivity index (χ2n) is 8.10. The largest absolute Gasteiger partial charge is 0.493 e. The molecule has 0 aliphatic rings. The van der Waals surface area contributed by atoms with E-state index in [0.717, 1.165) is 15.5 Å². The van der Waals surface area contributed by atoms with Crippen LogP contribution in [0.4, 0.5) is 21.6 Å². The third kappa shape index (κ3) is 3.96. The van der Waals surface area contributed by atoms with Crippen LogP contribution in [0, 0.1) is 5.82 Å². The normalized spacial score (nSPS) is 12.0. The number of para-hydroxylation sites is 2. The zero-order valence-electron chi connectivity index (χ0n) is 19.5. The van der Waals surface area contributed by atoms with Crippen molar-refractivity contribution in [2.24, 2.45) is 0 Å². The third-order valence-corrected chi connectivity index (χ3v) is 5.92. The van der Waals surface area contributed by atoms with Crippen molar-refractivity contribution in [2.45, 2.75) is 6.04 Å². The van der Waals surface area contributed by atoms with Gasteiger partial charge in [0.25, 0.3) is 0 Å². The van der Waals surface area contributed by atoms with Gasteiger partial charge in [-0.3, -0.25) is 4.98 Å². The molecule has 3 aromatic carbocycles. The minimum Gasteiger partial charge on any atom is -0.493 e. The van der Waals surface area contributed by atoms with Crippen LogP contribution in [0.5, 0.6) is 11.5 Å². The number of halogens is 1. The first kappa shape index (κ1) is 22.8. The molecule has 5 rings (SSSR count). The number of nitrogen functional groups attached to an aromatic ring is 2. The summed E-state index contributed by atoms with van der Waals surface area (Å²) >= 11 is 0. The van der Waals surface area contributed by atoms with E-state index in [4.69, 9.17) is 20.9 Å². The Bertz CT molecular complexity index is 1620. The first-order valence-electron chi connectivity index (χ1n) is 11.0. The van der Waals surface area contributed by atoms with Crippen LogP contribution in [0.2, 0.25) is 0 Å². The summed E-state index contributed by atoms with van der Waals surface area (Å²) in [6.07, 6.45) is 1.77. The standard InChI is InChI=1S/C25H24FN7O3/c1-35-20-10-16(17(26)11-21(20)36-2)22(30-14-7-8-15-13(9-14)12-29-23(15)28)24-31-25(34)33(32-24)19-6-4-3-5-18(19)27/h3-12,22,29-30H,27-28H2,1-2H3,(H,31,32,34). The fourth-order valence-electron chi connectivity index (χ4n) is 4.12. The SMILES string of the molecule is COc1cc(F)c(C(Nc2ccc3c(N)[nH]cc3c2)c2nn(-c3ccccc3N)c(=O)[nH]2)cc1OC. The molecule has 0 radical (unpaired) electrons. The monoisotopic (exact) mass is 489 g/mol. The summed E-state index contributed by atoms with van der Waals surface area (Å²) in [5, 5.41) is 9.46.